The smallest absolute Gasteiger partial charge is 0.326 e. The van der Waals surface area contributed by atoms with E-state index in [1.165, 1.54) is 4.90 Å². The summed E-state index contributed by atoms with van der Waals surface area (Å²) in [6, 6.07) is 10.2. The average molecular weight is 506 g/mol. The quantitative estimate of drug-likeness (QED) is 0.261. The maximum atomic E-state index is 13.8. The van der Waals surface area contributed by atoms with Crippen LogP contribution >= 0.6 is 15.9 Å². The van der Waals surface area contributed by atoms with Crippen molar-refractivity contribution in [2.24, 2.45) is 0 Å². The lowest BCUT2D eigenvalue weighted by molar-refractivity contribution is -0.395. The van der Waals surface area contributed by atoms with Crippen molar-refractivity contribution in [2.75, 3.05) is 13.7 Å². The number of fused-ring (bicyclic) bond motifs is 1. The van der Waals surface area contributed by atoms with E-state index in [-0.39, 0.29) is 23.1 Å². The van der Waals surface area contributed by atoms with Crippen LogP contribution in [0, 0.1) is 20.2 Å². The number of carbonyl (C=O) groups excluding carboxylic acids is 2. The number of nitro benzene ring substituents is 2. The molecule has 32 heavy (non-hydrogen) atoms. The third-order valence-corrected chi connectivity index (χ3v) is 6.41. The Labute approximate surface area is 189 Å². The number of carbonyl (C=O) groups is 2. The highest BCUT2D eigenvalue weighted by Gasteiger charge is 2.64. The van der Waals surface area contributed by atoms with Crippen LogP contribution in [0.1, 0.15) is 23.8 Å². The summed E-state index contributed by atoms with van der Waals surface area (Å²) in [4.78, 5) is 49.7. The van der Waals surface area contributed by atoms with Crippen molar-refractivity contribution in [3.63, 3.8) is 0 Å². The lowest BCUT2D eigenvalue weighted by Crippen LogP contribution is -2.46. The molecule has 2 aromatic rings. The van der Waals surface area contributed by atoms with E-state index in [0.717, 1.165) is 19.2 Å². The van der Waals surface area contributed by atoms with Crippen LogP contribution in [-0.2, 0) is 24.5 Å². The van der Waals surface area contributed by atoms with Crippen LogP contribution in [0.25, 0.3) is 0 Å². The molecule has 2 aliphatic heterocycles. The van der Waals surface area contributed by atoms with E-state index in [1.54, 1.807) is 30.3 Å². The molecule has 1 amide bonds. The molecule has 0 N–H and O–H groups in total. The molecule has 2 aromatic carbocycles. The van der Waals surface area contributed by atoms with Gasteiger partial charge in [-0.1, -0.05) is 30.3 Å². The molecule has 0 radical (unpaired) electrons. The van der Waals surface area contributed by atoms with Crippen molar-refractivity contribution < 1.29 is 28.9 Å². The molecule has 2 fully saturated rings. The standard InChI is InChI=1S/C20H16BrN3O8/c1-31-19(26)20(13-7-14(21)16(24(29)30)8-15(13)23(27)28)9-12-10-32-17(22(12)18(20)25)11-5-3-2-4-6-11/h2-8,12,17H,9-10H2,1H3/t12-,17-,20-/m0/s1. The molecule has 11 nitrogen and oxygen atoms in total. The average Bonchev–Trinajstić information content (AvgIpc) is 3.31. The van der Waals surface area contributed by atoms with Crippen molar-refractivity contribution in [2.45, 2.75) is 24.1 Å². The summed E-state index contributed by atoms with van der Waals surface area (Å²) >= 11 is 3.04. The van der Waals surface area contributed by atoms with Gasteiger partial charge < -0.3 is 14.4 Å². The van der Waals surface area contributed by atoms with Gasteiger partial charge in [-0.2, -0.15) is 0 Å². The van der Waals surface area contributed by atoms with Crippen molar-refractivity contribution in [3.8, 4) is 0 Å². The van der Waals surface area contributed by atoms with Crippen LogP contribution in [0.15, 0.2) is 46.9 Å². The Balaban J connectivity index is 1.90. The van der Waals surface area contributed by atoms with Crippen molar-refractivity contribution in [3.05, 3.63) is 78.3 Å². The predicted octanol–water partition coefficient (Wildman–Crippen LogP) is 3.01. The second kappa shape index (κ2) is 7.95. The third-order valence-electron chi connectivity index (χ3n) is 5.77. The van der Waals surface area contributed by atoms with Crippen molar-refractivity contribution in [1.29, 1.82) is 0 Å². The zero-order valence-corrected chi connectivity index (χ0v) is 18.2. The first-order valence-electron chi connectivity index (χ1n) is 9.43. The van der Waals surface area contributed by atoms with E-state index < -0.39 is 50.8 Å². The van der Waals surface area contributed by atoms with E-state index in [0.29, 0.717) is 5.56 Å². The van der Waals surface area contributed by atoms with Gasteiger partial charge in [-0.25, -0.2) is 0 Å². The molecule has 0 unspecified atom stereocenters. The van der Waals surface area contributed by atoms with Gasteiger partial charge in [-0.05, 0) is 28.4 Å². The molecular weight excluding hydrogens is 490 g/mol. The second-order valence-corrected chi connectivity index (χ2v) is 8.25. The zero-order valence-electron chi connectivity index (χ0n) is 16.6. The van der Waals surface area contributed by atoms with E-state index in [4.69, 9.17) is 9.47 Å². The fourth-order valence-electron chi connectivity index (χ4n) is 4.38. The van der Waals surface area contributed by atoms with Gasteiger partial charge >= 0.3 is 5.97 Å². The first-order chi connectivity index (χ1) is 15.2. The monoisotopic (exact) mass is 505 g/mol. The van der Waals surface area contributed by atoms with Gasteiger partial charge in [0.1, 0.15) is 0 Å². The number of esters is 1. The summed E-state index contributed by atoms with van der Waals surface area (Å²) in [5.41, 5.74) is -2.90. The largest absolute Gasteiger partial charge is 0.468 e. The number of hydrogen-bond acceptors (Lipinski definition) is 8. The molecule has 2 saturated heterocycles. The molecule has 12 heteroatoms. The Bertz CT molecular complexity index is 1140. The van der Waals surface area contributed by atoms with Crippen molar-refractivity contribution >= 4 is 39.2 Å². The van der Waals surface area contributed by atoms with Gasteiger partial charge in [0.2, 0.25) is 5.91 Å². The predicted molar refractivity (Wildman–Crippen MR) is 112 cm³/mol. The van der Waals surface area contributed by atoms with Gasteiger partial charge in [0, 0.05) is 5.56 Å². The summed E-state index contributed by atoms with van der Waals surface area (Å²) in [5, 5.41) is 23.1. The van der Waals surface area contributed by atoms with Crippen LogP contribution in [-0.4, -0.2) is 46.4 Å². The number of nitro groups is 2. The maximum Gasteiger partial charge on any atom is 0.326 e. The van der Waals surface area contributed by atoms with Crippen LogP contribution < -0.4 is 0 Å². The number of amides is 1. The maximum absolute atomic E-state index is 13.8. The van der Waals surface area contributed by atoms with Gasteiger partial charge in [-0.15, -0.1) is 0 Å². The van der Waals surface area contributed by atoms with Gasteiger partial charge in [0.25, 0.3) is 11.4 Å². The summed E-state index contributed by atoms with van der Waals surface area (Å²) in [5.74, 6) is -1.70. The summed E-state index contributed by atoms with van der Waals surface area (Å²) in [7, 11) is 1.08. The molecule has 3 atom stereocenters. The minimum absolute atomic E-state index is 0.0953. The van der Waals surface area contributed by atoms with Crippen LogP contribution in [0.5, 0.6) is 0 Å². The van der Waals surface area contributed by atoms with E-state index >= 15 is 0 Å². The highest BCUT2D eigenvalue weighted by molar-refractivity contribution is 9.10. The number of hydrogen-bond donors (Lipinski definition) is 0. The van der Waals surface area contributed by atoms with Crippen LogP contribution in [0.3, 0.4) is 0 Å². The molecule has 0 aliphatic carbocycles. The summed E-state index contributed by atoms with van der Waals surface area (Å²) in [6.45, 7) is 0.117. The summed E-state index contributed by atoms with van der Waals surface area (Å²) < 4.78 is 10.6. The molecule has 0 saturated carbocycles. The molecule has 2 heterocycles. The Morgan fingerprint density at radius 1 is 1.19 bits per heavy atom. The Morgan fingerprint density at radius 2 is 1.84 bits per heavy atom. The number of rotatable bonds is 5. The van der Waals surface area contributed by atoms with E-state index in [1.807, 2.05) is 0 Å². The Kier molecular flexibility index (Phi) is 5.42. The van der Waals surface area contributed by atoms with E-state index in [9.17, 15) is 29.8 Å². The fourth-order valence-corrected chi connectivity index (χ4v) is 4.87. The SMILES string of the molecule is COC(=O)[C@]1(c2cc(Br)c([N+](=O)[O-])cc2[N+](=O)[O-])C[C@H]2CO[C@@H](c3ccccc3)N2C1=O. The topological polar surface area (TPSA) is 142 Å². The minimum Gasteiger partial charge on any atom is -0.468 e. The zero-order chi connectivity index (χ0) is 23.2. The molecule has 2 aliphatic rings. The Morgan fingerprint density at radius 3 is 2.44 bits per heavy atom. The lowest BCUT2D eigenvalue weighted by Gasteiger charge is -2.28. The molecule has 4 rings (SSSR count). The number of ether oxygens (including phenoxy) is 2. The van der Waals surface area contributed by atoms with Crippen LogP contribution in [0.4, 0.5) is 11.4 Å². The second-order valence-electron chi connectivity index (χ2n) is 7.40. The highest BCUT2D eigenvalue weighted by Crippen LogP contribution is 2.51. The fraction of sp³-hybridized carbons (Fsp3) is 0.300. The number of benzene rings is 2. The first-order valence-corrected chi connectivity index (χ1v) is 10.2. The number of methoxy groups -OCH3 is 1. The van der Waals surface area contributed by atoms with Crippen LogP contribution in [0.2, 0.25) is 0 Å². The molecule has 166 valence electrons. The van der Waals surface area contributed by atoms with Crippen molar-refractivity contribution in [1.82, 2.24) is 4.90 Å². The molecule has 0 aromatic heterocycles. The Hall–Kier alpha value is -3.38. The number of halogens is 1. The minimum atomic E-state index is -2.05. The lowest BCUT2D eigenvalue weighted by atomic mass is 9.76. The summed E-state index contributed by atoms with van der Waals surface area (Å²) in [6.07, 6.45) is -0.909. The van der Waals surface area contributed by atoms with Gasteiger partial charge in [-0.3, -0.25) is 29.8 Å². The molecule has 0 spiro atoms. The third kappa shape index (κ3) is 3.14. The molecule has 0 bridgehead atoms. The van der Waals surface area contributed by atoms with E-state index in [2.05, 4.69) is 15.9 Å². The number of nitrogens with zero attached hydrogens (tertiary/aromatic N) is 3. The first kappa shape index (κ1) is 21.8. The van der Waals surface area contributed by atoms with Gasteiger partial charge in [0.05, 0.1) is 45.7 Å². The molecular formula is C20H16BrN3O8. The highest BCUT2D eigenvalue weighted by atomic mass is 79.9. The normalized spacial score (nSPS) is 24.3. The van der Waals surface area contributed by atoms with Gasteiger partial charge in [0.15, 0.2) is 11.6 Å².